The van der Waals surface area contributed by atoms with Crippen LogP contribution in [0.4, 0.5) is 4.39 Å². The zero-order valence-corrected chi connectivity index (χ0v) is 14.7. The van der Waals surface area contributed by atoms with Gasteiger partial charge in [-0.15, -0.1) is 0 Å². The van der Waals surface area contributed by atoms with E-state index >= 15 is 0 Å². The topological polar surface area (TPSA) is 46.9 Å². The van der Waals surface area contributed by atoms with Crippen LogP contribution in [0, 0.1) is 5.82 Å². The highest BCUT2D eigenvalue weighted by atomic mass is 35.5. The lowest BCUT2D eigenvalue weighted by atomic mass is 10.0. The monoisotopic (exact) mass is 377 g/mol. The highest BCUT2D eigenvalue weighted by molar-refractivity contribution is 6.35. The summed E-state index contributed by atoms with van der Waals surface area (Å²) >= 11 is 11.9. The van der Waals surface area contributed by atoms with Gasteiger partial charge in [0.05, 0.1) is 0 Å². The Morgan fingerprint density at radius 1 is 1.20 bits per heavy atom. The zero-order chi connectivity index (χ0) is 18.0. The van der Waals surface area contributed by atoms with Crippen molar-refractivity contribution < 1.29 is 9.18 Å². The van der Waals surface area contributed by atoms with Gasteiger partial charge in [0.2, 0.25) is 0 Å². The van der Waals surface area contributed by atoms with Crippen LogP contribution in [0.15, 0.2) is 54.9 Å². The Bertz CT molecular complexity index is 906. The van der Waals surface area contributed by atoms with E-state index < -0.39 is 11.9 Å². The molecule has 0 fully saturated rings. The molecule has 25 heavy (non-hydrogen) atoms. The quantitative estimate of drug-likeness (QED) is 0.732. The van der Waals surface area contributed by atoms with Gasteiger partial charge >= 0.3 is 0 Å². The van der Waals surface area contributed by atoms with Crippen molar-refractivity contribution in [3.05, 3.63) is 87.7 Å². The van der Waals surface area contributed by atoms with Crippen molar-refractivity contribution in [2.24, 2.45) is 7.05 Å². The number of aromatic nitrogens is 2. The first-order chi connectivity index (χ1) is 11.9. The minimum absolute atomic E-state index is 0.313. The van der Waals surface area contributed by atoms with Crippen LogP contribution in [0.3, 0.4) is 0 Å². The van der Waals surface area contributed by atoms with Crippen LogP contribution >= 0.6 is 23.2 Å². The van der Waals surface area contributed by atoms with Crippen LogP contribution < -0.4 is 5.32 Å². The summed E-state index contributed by atoms with van der Waals surface area (Å²) in [6, 6.07) is 9.98. The molecule has 2 aromatic carbocycles. The van der Waals surface area contributed by atoms with Crippen molar-refractivity contribution in [3.8, 4) is 0 Å². The lowest BCUT2D eigenvalue weighted by molar-refractivity contribution is 0.0941. The highest BCUT2D eigenvalue weighted by Crippen LogP contribution is 2.23. The summed E-state index contributed by atoms with van der Waals surface area (Å²) in [6.45, 7) is 0. The average molecular weight is 378 g/mol. The Morgan fingerprint density at radius 3 is 2.52 bits per heavy atom. The molecule has 0 unspecified atom stereocenters. The van der Waals surface area contributed by atoms with Crippen molar-refractivity contribution in [3.63, 3.8) is 0 Å². The largest absolute Gasteiger partial charge is 0.338 e. The predicted octanol–water partition coefficient (Wildman–Crippen LogP) is 4.39. The fraction of sp³-hybridized carbons (Fsp3) is 0.111. The maximum atomic E-state index is 13.7. The number of imidazole rings is 1. The second kappa shape index (κ2) is 7.25. The van der Waals surface area contributed by atoms with E-state index in [2.05, 4.69) is 10.3 Å². The van der Waals surface area contributed by atoms with Gasteiger partial charge in [-0.1, -0.05) is 35.3 Å². The molecule has 1 heterocycles. The molecule has 0 saturated heterocycles. The molecule has 0 bridgehead atoms. The molecule has 128 valence electrons. The van der Waals surface area contributed by atoms with Crippen molar-refractivity contribution in [2.45, 2.75) is 6.04 Å². The molecule has 0 radical (unpaired) electrons. The number of aryl methyl sites for hydroxylation is 1. The van der Waals surface area contributed by atoms with Crippen LogP contribution in [0.25, 0.3) is 0 Å². The second-order valence-electron chi connectivity index (χ2n) is 5.52. The van der Waals surface area contributed by atoms with E-state index in [1.54, 1.807) is 42.2 Å². The van der Waals surface area contributed by atoms with E-state index in [9.17, 15) is 9.18 Å². The summed E-state index contributed by atoms with van der Waals surface area (Å²) in [4.78, 5) is 16.9. The molecule has 3 aromatic rings. The van der Waals surface area contributed by atoms with E-state index in [1.807, 2.05) is 0 Å². The molecule has 1 amide bonds. The minimum atomic E-state index is -0.624. The van der Waals surface area contributed by atoms with Gasteiger partial charge in [-0.05, 0) is 35.9 Å². The van der Waals surface area contributed by atoms with Gasteiger partial charge in [0, 0.05) is 35.1 Å². The lowest BCUT2D eigenvalue weighted by Crippen LogP contribution is -2.31. The van der Waals surface area contributed by atoms with Crippen LogP contribution in [0.2, 0.25) is 10.0 Å². The number of nitrogens with one attached hydrogen (secondary N) is 1. The Morgan fingerprint density at radius 2 is 1.92 bits per heavy atom. The molecule has 1 aromatic heterocycles. The minimum Gasteiger partial charge on any atom is -0.338 e. The van der Waals surface area contributed by atoms with Crippen molar-refractivity contribution in [1.82, 2.24) is 14.9 Å². The van der Waals surface area contributed by atoms with Crippen molar-refractivity contribution in [1.29, 1.82) is 0 Å². The number of carbonyl (C=O) groups is 1. The smallest absolute Gasteiger partial charge is 0.252 e. The van der Waals surface area contributed by atoms with E-state index in [-0.39, 0.29) is 5.91 Å². The zero-order valence-electron chi connectivity index (χ0n) is 13.2. The van der Waals surface area contributed by atoms with Crippen LogP contribution in [-0.2, 0) is 7.05 Å². The fourth-order valence-corrected chi connectivity index (χ4v) is 3.06. The first kappa shape index (κ1) is 17.5. The van der Waals surface area contributed by atoms with E-state index in [4.69, 9.17) is 23.2 Å². The summed E-state index contributed by atoms with van der Waals surface area (Å²) in [7, 11) is 1.80. The summed E-state index contributed by atoms with van der Waals surface area (Å²) < 4.78 is 15.4. The molecule has 4 nitrogen and oxygen atoms in total. The Kier molecular flexibility index (Phi) is 5.06. The Labute approximate surface area is 154 Å². The third kappa shape index (κ3) is 4.00. The van der Waals surface area contributed by atoms with E-state index in [0.29, 0.717) is 27.0 Å². The molecule has 3 rings (SSSR count). The average Bonchev–Trinajstić information content (AvgIpc) is 2.97. The van der Waals surface area contributed by atoms with Crippen molar-refractivity contribution >= 4 is 29.1 Å². The lowest BCUT2D eigenvalue weighted by Gasteiger charge is -2.19. The van der Waals surface area contributed by atoms with Gasteiger partial charge in [0.25, 0.3) is 5.91 Å². The molecule has 0 saturated carbocycles. The SMILES string of the molecule is Cn1ccnc1[C@@H](NC(=O)c1cc(Cl)cc(Cl)c1)c1cccc(F)c1. The van der Waals surface area contributed by atoms with E-state index in [0.717, 1.165) is 0 Å². The normalized spacial score (nSPS) is 12.0. The summed E-state index contributed by atoms with van der Waals surface area (Å²) in [5, 5.41) is 3.58. The Hall–Kier alpha value is -2.37. The highest BCUT2D eigenvalue weighted by Gasteiger charge is 2.22. The molecule has 0 aliphatic rings. The molecule has 0 spiro atoms. The molecule has 1 N–H and O–H groups in total. The molecular weight excluding hydrogens is 364 g/mol. The number of amides is 1. The van der Waals surface area contributed by atoms with Gasteiger partial charge in [0.1, 0.15) is 17.7 Å². The van der Waals surface area contributed by atoms with Gasteiger partial charge in [0.15, 0.2) is 0 Å². The van der Waals surface area contributed by atoms with Crippen molar-refractivity contribution in [2.75, 3.05) is 0 Å². The van der Waals surface area contributed by atoms with Crippen LogP contribution in [0.5, 0.6) is 0 Å². The third-order valence-electron chi connectivity index (χ3n) is 3.70. The third-order valence-corrected chi connectivity index (χ3v) is 4.14. The molecular formula is C18H14Cl2FN3O. The number of rotatable bonds is 4. The van der Waals surface area contributed by atoms with Gasteiger partial charge in [-0.3, -0.25) is 4.79 Å². The second-order valence-corrected chi connectivity index (χ2v) is 6.39. The maximum absolute atomic E-state index is 13.7. The van der Waals surface area contributed by atoms with Gasteiger partial charge < -0.3 is 9.88 Å². The summed E-state index contributed by atoms with van der Waals surface area (Å²) in [6.07, 6.45) is 3.37. The number of hydrogen-bond acceptors (Lipinski definition) is 2. The summed E-state index contributed by atoms with van der Waals surface area (Å²) in [5.41, 5.74) is 0.892. The van der Waals surface area contributed by atoms with Gasteiger partial charge in [-0.2, -0.15) is 0 Å². The van der Waals surface area contributed by atoms with Crippen LogP contribution in [-0.4, -0.2) is 15.5 Å². The standard InChI is InChI=1S/C18H14Cl2FN3O/c1-24-6-5-22-17(24)16(11-3-2-4-15(21)9-11)23-18(25)12-7-13(19)10-14(20)8-12/h2-10,16H,1H3,(H,23,25)/t16-/m0/s1. The Balaban J connectivity index is 1.98. The fourth-order valence-electron chi connectivity index (χ4n) is 2.54. The maximum Gasteiger partial charge on any atom is 0.252 e. The number of benzene rings is 2. The van der Waals surface area contributed by atoms with E-state index in [1.165, 1.54) is 24.3 Å². The number of nitrogens with zero attached hydrogens (tertiary/aromatic N) is 2. The van der Waals surface area contributed by atoms with Crippen LogP contribution in [0.1, 0.15) is 27.8 Å². The predicted molar refractivity (Wildman–Crippen MR) is 95.4 cm³/mol. The molecule has 1 atom stereocenters. The first-order valence-electron chi connectivity index (χ1n) is 7.43. The molecule has 0 aliphatic carbocycles. The summed E-state index contributed by atoms with van der Waals surface area (Å²) in [5.74, 6) is -0.203. The van der Waals surface area contributed by atoms with Gasteiger partial charge in [-0.25, -0.2) is 9.37 Å². The molecule has 0 aliphatic heterocycles. The first-order valence-corrected chi connectivity index (χ1v) is 8.19. The number of hydrogen-bond donors (Lipinski definition) is 1. The number of halogens is 3. The molecule has 7 heteroatoms. The number of carbonyl (C=O) groups excluding carboxylic acids is 1.